The third kappa shape index (κ3) is 5.50. The van der Waals surface area contributed by atoms with E-state index in [1.54, 1.807) is 12.1 Å². The van der Waals surface area contributed by atoms with Gasteiger partial charge in [-0.05, 0) is 47.2 Å². The van der Waals surface area contributed by atoms with Gasteiger partial charge in [0.25, 0.3) is 5.91 Å². The van der Waals surface area contributed by atoms with Gasteiger partial charge in [0.2, 0.25) is 0 Å². The van der Waals surface area contributed by atoms with Crippen LogP contribution in [0.2, 0.25) is 5.02 Å². The van der Waals surface area contributed by atoms with Gasteiger partial charge in [-0.1, -0.05) is 11.6 Å². The first-order valence-corrected chi connectivity index (χ1v) is 7.36. The van der Waals surface area contributed by atoms with Gasteiger partial charge in [-0.3, -0.25) is 9.59 Å². The summed E-state index contributed by atoms with van der Waals surface area (Å²) in [4.78, 5) is 34.3. The zero-order valence-corrected chi connectivity index (χ0v) is 14.0. The minimum Gasteiger partial charge on any atom is -0.480 e. The third-order valence-electron chi connectivity index (χ3n) is 2.64. The van der Waals surface area contributed by atoms with Gasteiger partial charge in [0.15, 0.2) is 0 Å². The molecule has 0 aliphatic carbocycles. The zero-order valence-electron chi connectivity index (χ0n) is 11.1. The summed E-state index contributed by atoms with van der Waals surface area (Å²) in [5.74, 6) is -2.31. The lowest BCUT2D eigenvalue weighted by Gasteiger charge is -2.14. The second-order valence-electron chi connectivity index (χ2n) is 4.10. The maximum Gasteiger partial charge on any atom is 0.326 e. The fourth-order valence-corrected chi connectivity index (χ4v) is 2.28. The fourth-order valence-electron chi connectivity index (χ4n) is 1.53. The average molecular weight is 426 g/mol. The van der Waals surface area contributed by atoms with E-state index in [1.165, 1.54) is 13.2 Å². The topological polar surface area (TPSA) is 92.7 Å². The molecular formula is C13H13ClINO5. The predicted octanol–water partition coefficient (Wildman–Crippen LogP) is 2.08. The monoisotopic (exact) mass is 425 g/mol. The van der Waals surface area contributed by atoms with Gasteiger partial charge in [-0.15, -0.1) is 0 Å². The van der Waals surface area contributed by atoms with E-state index in [-0.39, 0.29) is 18.4 Å². The number of hydrogen-bond acceptors (Lipinski definition) is 4. The van der Waals surface area contributed by atoms with E-state index in [4.69, 9.17) is 16.7 Å². The van der Waals surface area contributed by atoms with Gasteiger partial charge in [-0.2, -0.15) is 0 Å². The van der Waals surface area contributed by atoms with Crippen LogP contribution in [0.15, 0.2) is 18.2 Å². The van der Waals surface area contributed by atoms with Crippen molar-refractivity contribution in [3.05, 3.63) is 32.4 Å². The maximum atomic E-state index is 12.1. The average Bonchev–Trinajstić information content (AvgIpc) is 2.44. The van der Waals surface area contributed by atoms with Crippen LogP contribution < -0.4 is 5.32 Å². The van der Waals surface area contributed by atoms with Gasteiger partial charge in [0.1, 0.15) is 6.04 Å². The lowest BCUT2D eigenvalue weighted by Crippen LogP contribution is -2.41. The SMILES string of the molecule is COC(=O)CCC(NC(=O)c1cc(Cl)ccc1I)C(=O)O. The molecule has 0 heterocycles. The van der Waals surface area contributed by atoms with Crippen molar-refractivity contribution >= 4 is 52.0 Å². The predicted molar refractivity (Wildman–Crippen MR) is 84.3 cm³/mol. The first-order valence-electron chi connectivity index (χ1n) is 5.90. The number of carboxylic acids is 1. The van der Waals surface area contributed by atoms with Crippen LogP contribution in [0.25, 0.3) is 0 Å². The number of amides is 1. The van der Waals surface area contributed by atoms with E-state index < -0.39 is 23.9 Å². The lowest BCUT2D eigenvalue weighted by atomic mass is 10.1. The fraction of sp³-hybridized carbons (Fsp3) is 0.308. The minimum absolute atomic E-state index is 0.0507. The maximum absolute atomic E-state index is 12.1. The number of rotatable bonds is 6. The van der Waals surface area contributed by atoms with E-state index in [2.05, 4.69) is 10.1 Å². The summed E-state index contributed by atoms with van der Waals surface area (Å²) in [5, 5.41) is 11.8. The van der Waals surface area contributed by atoms with E-state index in [9.17, 15) is 14.4 Å². The molecule has 1 rings (SSSR count). The molecule has 6 nitrogen and oxygen atoms in total. The molecule has 21 heavy (non-hydrogen) atoms. The summed E-state index contributed by atoms with van der Waals surface area (Å²) in [6.07, 6.45) is -0.148. The van der Waals surface area contributed by atoms with E-state index in [0.29, 0.717) is 8.59 Å². The van der Waals surface area contributed by atoms with Gasteiger partial charge < -0.3 is 15.2 Å². The van der Waals surface area contributed by atoms with Crippen molar-refractivity contribution in [1.82, 2.24) is 5.32 Å². The van der Waals surface area contributed by atoms with Crippen LogP contribution in [-0.2, 0) is 14.3 Å². The smallest absolute Gasteiger partial charge is 0.326 e. The normalized spacial score (nSPS) is 11.6. The van der Waals surface area contributed by atoms with Gasteiger partial charge in [0, 0.05) is 15.0 Å². The third-order valence-corrected chi connectivity index (χ3v) is 3.82. The number of halogens is 2. The van der Waals surface area contributed by atoms with Crippen molar-refractivity contribution in [2.75, 3.05) is 7.11 Å². The van der Waals surface area contributed by atoms with Crippen LogP contribution in [0.3, 0.4) is 0 Å². The zero-order chi connectivity index (χ0) is 16.0. The molecule has 0 aliphatic rings. The number of nitrogens with one attached hydrogen (secondary N) is 1. The Labute approximate surface area is 139 Å². The summed E-state index contributed by atoms with van der Waals surface area (Å²) in [6, 6.07) is 3.57. The number of ether oxygens (including phenoxy) is 1. The molecule has 0 saturated carbocycles. The second kappa shape index (κ2) is 8.18. The van der Waals surface area contributed by atoms with E-state index in [1.807, 2.05) is 22.6 Å². The molecule has 2 N–H and O–H groups in total. The molecule has 1 aromatic carbocycles. The van der Waals surface area contributed by atoms with Crippen molar-refractivity contribution < 1.29 is 24.2 Å². The van der Waals surface area contributed by atoms with Crippen LogP contribution in [0, 0.1) is 3.57 Å². The first kappa shape index (κ1) is 17.7. The van der Waals surface area contributed by atoms with Crippen molar-refractivity contribution in [2.45, 2.75) is 18.9 Å². The molecule has 0 fully saturated rings. The van der Waals surface area contributed by atoms with Gasteiger partial charge in [-0.25, -0.2) is 4.79 Å². The Morgan fingerprint density at radius 2 is 2.10 bits per heavy atom. The van der Waals surface area contributed by atoms with Gasteiger partial charge in [0.05, 0.1) is 12.7 Å². The Balaban J connectivity index is 2.79. The summed E-state index contributed by atoms with van der Waals surface area (Å²) >= 11 is 7.77. The largest absolute Gasteiger partial charge is 0.480 e. The van der Waals surface area contributed by atoms with Crippen LogP contribution in [0.4, 0.5) is 0 Å². The molecule has 1 aromatic rings. The lowest BCUT2D eigenvalue weighted by molar-refractivity contribution is -0.142. The molecule has 0 radical (unpaired) electrons. The number of esters is 1. The van der Waals surface area contributed by atoms with E-state index in [0.717, 1.165) is 0 Å². The number of carboxylic acid groups (broad SMARTS) is 1. The van der Waals surface area contributed by atoms with Crippen molar-refractivity contribution in [2.24, 2.45) is 0 Å². The number of carbonyl (C=O) groups is 3. The van der Waals surface area contributed by atoms with Crippen LogP contribution >= 0.6 is 34.2 Å². The van der Waals surface area contributed by atoms with Gasteiger partial charge >= 0.3 is 11.9 Å². The van der Waals surface area contributed by atoms with Crippen LogP contribution in [0.5, 0.6) is 0 Å². The molecule has 8 heteroatoms. The number of hydrogen-bond donors (Lipinski definition) is 2. The van der Waals surface area contributed by atoms with Crippen LogP contribution in [-0.4, -0.2) is 36.1 Å². The highest BCUT2D eigenvalue weighted by Gasteiger charge is 2.22. The van der Waals surface area contributed by atoms with Crippen molar-refractivity contribution in [1.29, 1.82) is 0 Å². The number of aliphatic carboxylic acids is 1. The van der Waals surface area contributed by atoms with E-state index >= 15 is 0 Å². The molecule has 114 valence electrons. The first-order chi connectivity index (χ1) is 9.85. The molecule has 0 aromatic heterocycles. The summed E-state index contributed by atoms with van der Waals surface area (Å²) in [6.45, 7) is 0. The summed E-state index contributed by atoms with van der Waals surface area (Å²) in [5.41, 5.74) is 0.285. The van der Waals surface area contributed by atoms with Crippen molar-refractivity contribution in [3.8, 4) is 0 Å². The molecular weight excluding hydrogens is 413 g/mol. The Morgan fingerprint density at radius 1 is 1.43 bits per heavy atom. The highest BCUT2D eigenvalue weighted by atomic mass is 127. The molecule has 0 spiro atoms. The Hall–Kier alpha value is -1.35. The highest BCUT2D eigenvalue weighted by Crippen LogP contribution is 2.18. The second-order valence-corrected chi connectivity index (χ2v) is 5.70. The molecule has 0 aliphatic heterocycles. The standard InChI is InChI=1S/C13H13ClINO5/c1-21-11(17)5-4-10(13(19)20)16-12(18)8-6-7(14)2-3-9(8)15/h2-3,6,10H,4-5H2,1H3,(H,16,18)(H,19,20). The summed E-state index contributed by atoms with van der Waals surface area (Å²) < 4.78 is 5.09. The summed E-state index contributed by atoms with van der Waals surface area (Å²) in [7, 11) is 1.21. The molecule has 1 unspecified atom stereocenters. The number of methoxy groups -OCH3 is 1. The molecule has 1 atom stereocenters. The Bertz CT molecular complexity index is 563. The van der Waals surface area contributed by atoms with Crippen LogP contribution in [0.1, 0.15) is 23.2 Å². The molecule has 0 saturated heterocycles. The highest BCUT2D eigenvalue weighted by molar-refractivity contribution is 14.1. The Kier molecular flexibility index (Phi) is 6.90. The molecule has 0 bridgehead atoms. The minimum atomic E-state index is -1.22. The molecule has 1 amide bonds. The number of benzene rings is 1. The van der Waals surface area contributed by atoms with Crippen molar-refractivity contribution in [3.63, 3.8) is 0 Å². The Morgan fingerprint density at radius 3 is 2.67 bits per heavy atom. The quantitative estimate of drug-likeness (QED) is 0.538. The number of carbonyl (C=O) groups excluding carboxylic acids is 2.